The zero-order valence-electron chi connectivity index (χ0n) is 24.3. The van der Waals surface area contributed by atoms with Gasteiger partial charge in [0.2, 0.25) is 0 Å². The van der Waals surface area contributed by atoms with Gasteiger partial charge in [-0.1, -0.05) is 18.6 Å². The first kappa shape index (κ1) is 36.3. The average molecular weight is 645 g/mol. The summed E-state index contributed by atoms with van der Waals surface area (Å²) in [6, 6.07) is 0. The van der Waals surface area contributed by atoms with Crippen LogP contribution in [0.4, 0.5) is 48.3 Å². The third kappa shape index (κ3) is 10.2. The molecule has 15 heteroatoms. The maximum atomic E-state index is 13.3. The lowest BCUT2D eigenvalue weighted by molar-refractivity contribution is -0.181. The molecule has 0 aromatic rings. The fourth-order valence-corrected chi connectivity index (χ4v) is 6.70. The van der Waals surface area contributed by atoms with E-state index in [4.69, 9.17) is 0 Å². The highest BCUT2D eigenvalue weighted by atomic mass is 19.4. The second-order valence-corrected chi connectivity index (χ2v) is 12.7. The summed E-state index contributed by atoms with van der Waals surface area (Å²) in [6.07, 6.45) is -7.29. The fourth-order valence-electron chi connectivity index (χ4n) is 6.70. The van der Waals surface area contributed by atoms with Gasteiger partial charge in [0.1, 0.15) is 0 Å². The van der Waals surface area contributed by atoms with Crippen molar-refractivity contribution in [3.05, 3.63) is 11.6 Å². The number of alkyl halides is 11. The predicted octanol–water partition coefficient (Wildman–Crippen LogP) is 6.60. The molecule has 0 radical (unpaired) electrons. The lowest BCUT2D eigenvalue weighted by atomic mass is 9.83. The number of halogens is 11. The molecule has 4 N–H and O–H groups in total. The topological polar surface area (TPSA) is 48.1 Å². The standard InChI is InChI=1S/C8H13F2N.C7H10F3N.C7H12F3N.C6H8F3N/c9-8(10)3-1-2-7(8)4-5-11-6-7;8-7(9,10)5-3-6(5)1-2-11-4-6;1-5(7(8,9)10)6-2-3-11-4-6;7-6(8,9)3-5-1-2-10-4-5/h11H,1-6H2;5,11H,1-4H2;5-6,11H,2-4H2,1H3;1,10H,2-4H2. The van der Waals surface area contributed by atoms with Crippen LogP contribution in [0.3, 0.4) is 0 Å². The zero-order chi connectivity index (χ0) is 32.2. The summed E-state index contributed by atoms with van der Waals surface area (Å²) in [4.78, 5) is 0. The molecule has 4 nitrogen and oxygen atoms in total. The molecule has 5 atom stereocenters. The summed E-state index contributed by atoms with van der Waals surface area (Å²) in [5.74, 6) is -4.77. The van der Waals surface area contributed by atoms with Gasteiger partial charge in [-0.05, 0) is 76.0 Å². The Morgan fingerprint density at radius 3 is 1.91 bits per heavy atom. The van der Waals surface area contributed by atoms with E-state index in [1.54, 1.807) is 6.08 Å². The van der Waals surface area contributed by atoms with E-state index in [0.29, 0.717) is 76.8 Å². The van der Waals surface area contributed by atoms with Crippen LogP contribution < -0.4 is 21.3 Å². The van der Waals surface area contributed by atoms with Gasteiger partial charge in [-0.25, -0.2) is 8.78 Å². The van der Waals surface area contributed by atoms with E-state index >= 15 is 0 Å². The van der Waals surface area contributed by atoms with Gasteiger partial charge in [-0.15, -0.1) is 0 Å². The van der Waals surface area contributed by atoms with Gasteiger partial charge in [0.05, 0.1) is 18.3 Å². The summed E-state index contributed by atoms with van der Waals surface area (Å²) >= 11 is 0. The summed E-state index contributed by atoms with van der Waals surface area (Å²) < 4.78 is 134. The molecule has 2 aliphatic carbocycles. The molecule has 252 valence electrons. The van der Waals surface area contributed by atoms with Crippen molar-refractivity contribution in [3.63, 3.8) is 0 Å². The molecule has 2 spiro atoms. The zero-order valence-corrected chi connectivity index (χ0v) is 24.3. The van der Waals surface area contributed by atoms with E-state index in [9.17, 15) is 48.3 Å². The van der Waals surface area contributed by atoms with Crippen molar-refractivity contribution in [3.8, 4) is 0 Å². The van der Waals surface area contributed by atoms with Crippen molar-refractivity contribution < 1.29 is 48.3 Å². The Hall–Kier alpha value is -1.19. The van der Waals surface area contributed by atoms with Crippen LogP contribution in [0.15, 0.2) is 11.6 Å². The quantitative estimate of drug-likeness (QED) is 0.202. The molecule has 6 aliphatic rings. The van der Waals surface area contributed by atoms with Gasteiger partial charge in [0, 0.05) is 38.0 Å². The third-order valence-corrected chi connectivity index (χ3v) is 9.66. The summed E-state index contributed by atoms with van der Waals surface area (Å²) in [5.41, 5.74) is -0.599. The van der Waals surface area contributed by atoms with Gasteiger partial charge >= 0.3 is 18.5 Å². The van der Waals surface area contributed by atoms with Crippen molar-refractivity contribution in [2.45, 2.75) is 82.7 Å². The SMILES string of the molecule is CC(C1CCNC1)C(F)(F)F.FC(F)(F)C1CC12CCNC2.FC(F)(F)CC1=CCNC1.FC1(F)CCCC12CCNC2. The minimum Gasteiger partial charge on any atom is -0.316 e. The molecule has 5 fully saturated rings. The maximum absolute atomic E-state index is 13.3. The number of hydrogen-bond donors (Lipinski definition) is 4. The highest BCUT2D eigenvalue weighted by Crippen LogP contribution is 2.63. The summed E-state index contributed by atoms with van der Waals surface area (Å²) in [7, 11) is 0. The van der Waals surface area contributed by atoms with Crippen molar-refractivity contribution >= 4 is 0 Å². The van der Waals surface area contributed by atoms with Gasteiger partial charge in [-0.3, -0.25) is 0 Å². The Labute approximate surface area is 245 Å². The second kappa shape index (κ2) is 14.1. The van der Waals surface area contributed by atoms with E-state index in [-0.39, 0.29) is 12.3 Å². The van der Waals surface area contributed by atoms with Gasteiger partial charge in [-0.2, -0.15) is 39.5 Å². The van der Waals surface area contributed by atoms with Gasteiger partial charge in [0.25, 0.3) is 5.92 Å². The summed E-state index contributed by atoms with van der Waals surface area (Å²) in [5, 5.41) is 11.7. The third-order valence-electron chi connectivity index (χ3n) is 9.66. The highest BCUT2D eigenvalue weighted by molar-refractivity contribution is 5.12. The maximum Gasteiger partial charge on any atom is 0.392 e. The van der Waals surface area contributed by atoms with Crippen LogP contribution in [0.25, 0.3) is 0 Å². The minimum absolute atomic E-state index is 0.106. The van der Waals surface area contributed by atoms with Crippen molar-refractivity contribution in [1.82, 2.24) is 21.3 Å². The first-order valence-electron chi connectivity index (χ1n) is 14.9. The summed E-state index contributed by atoms with van der Waals surface area (Å²) in [6.45, 7) is 6.09. The lowest BCUT2D eigenvalue weighted by Gasteiger charge is -2.29. The molecular weight excluding hydrogens is 601 g/mol. The normalized spacial score (nSPS) is 33.7. The number of nitrogens with one attached hydrogen (secondary N) is 4. The lowest BCUT2D eigenvalue weighted by Crippen LogP contribution is -2.37. The van der Waals surface area contributed by atoms with Crippen LogP contribution in [0, 0.1) is 28.6 Å². The highest BCUT2D eigenvalue weighted by Gasteiger charge is 2.66. The fraction of sp³-hybridized carbons (Fsp3) is 0.929. The Kier molecular flexibility index (Phi) is 11.9. The Balaban J connectivity index is 0.000000157. The van der Waals surface area contributed by atoms with Crippen LogP contribution >= 0.6 is 0 Å². The molecule has 3 saturated heterocycles. The van der Waals surface area contributed by atoms with E-state index in [0.717, 1.165) is 19.6 Å². The molecule has 0 aromatic carbocycles. The smallest absolute Gasteiger partial charge is 0.316 e. The number of rotatable bonds is 2. The molecule has 5 unspecified atom stereocenters. The van der Waals surface area contributed by atoms with E-state index in [1.807, 2.05) is 0 Å². The van der Waals surface area contributed by atoms with Crippen LogP contribution in [-0.2, 0) is 0 Å². The molecule has 4 heterocycles. The average Bonchev–Trinajstić information content (AvgIpc) is 3.55. The Bertz CT molecular complexity index is 878. The van der Waals surface area contributed by atoms with Crippen molar-refractivity contribution in [1.29, 1.82) is 0 Å². The molecular formula is C28H43F11N4. The van der Waals surface area contributed by atoms with Gasteiger partial charge in [0.15, 0.2) is 0 Å². The first-order valence-corrected chi connectivity index (χ1v) is 14.9. The van der Waals surface area contributed by atoms with Crippen LogP contribution in [0.5, 0.6) is 0 Å². The van der Waals surface area contributed by atoms with E-state index in [2.05, 4.69) is 21.3 Å². The minimum atomic E-state index is -4.04. The monoisotopic (exact) mass is 644 g/mol. The molecule has 4 aliphatic heterocycles. The molecule has 2 saturated carbocycles. The Morgan fingerprint density at radius 2 is 1.51 bits per heavy atom. The molecule has 43 heavy (non-hydrogen) atoms. The molecule has 0 amide bonds. The first-order chi connectivity index (χ1) is 19.8. The molecule has 0 aromatic heterocycles. The van der Waals surface area contributed by atoms with Crippen LogP contribution in [0.2, 0.25) is 0 Å². The second-order valence-electron chi connectivity index (χ2n) is 12.7. The van der Waals surface area contributed by atoms with E-state index < -0.39 is 53.5 Å². The van der Waals surface area contributed by atoms with Gasteiger partial charge < -0.3 is 21.3 Å². The van der Waals surface area contributed by atoms with E-state index in [1.165, 1.54) is 6.92 Å². The predicted molar refractivity (Wildman–Crippen MR) is 141 cm³/mol. The largest absolute Gasteiger partial charge is 0.392 e. The van der Waals surface area contributed by atoms with Crippen LogP contribution in [-0.4, -0.2) is 76.8 Å². The number of hydrogen-bond acceptors (Lipinski definition) is 4. The van der Waals surface area contributed by atoms with Crippen molar-refractivity contribution in [2.24, 2.45) is 28.6 Å². The Morgan fingerprint density at radius 1 is 0.837 bits per heavy atom. The van der Waals surface area contributed by atoms with Crippen molar-refractivity contribution in [2.75, 3.05) is 52.4 Å². The van der Waals surface area contributed by atoms with Crippen LogP contribution in [0.1, 0.15) is 58.3 Å². The molecule has 6 rings (SSSR count). The molecule has 0 bridgehead atoms.